The van der Waals surface area contributed by atoms with Crippen molar-refractivity contribution in [3.8, 4) is 5.75 Å². The summed E-state index contributed by atoms with van der Waals surface area (Å²) >= 11 is 0. The average Bonchev–Trinajstić information content (AvgIpc) is 3.00. The van der Waals surface area contributed by atoms with Gasteiger partial charge in [0.05, 0.1) is 13.5 Å². The van der Waals surface area contributed by atoms with Crippen molar-refractivity contribution in [1.82, 2.24) is 24.7 Å². The number of rotatable bonds is 5. The number of anilines is 1. The van der Waals surface area contributed by atoms with Crippen LogP contribution in [0.25, 0.3) is 5.65 Å². The zero-order valence-electron chi connectivity index (χ0n) is 17.9. The van der Waals surface area contributed by atoms with Crippen molar-refractivity contribution in [2.24, 2.45) is 0 Å². The van der Waals surface area contributed by atoms with E-state index in [2.05, 4.69) is 15.1 Å². The highest BCUT2D eigenvalue weighted by atomic mass is 16.5. The molecule has 162 valence electrons. The topological polar surface area (TPSA) is 75.9 Å². The van der Waals surface area contributed by atoms with Gasteiger partial charge in [0, 0.05) is 32.1 Å². The molecule has 2 aliphatic rings. The SMILES string of the molecule is COc1ccc(CC(=O)N2CCCN(c3ccc4nnc(C5CCC5)n4n3)CC2)cc1. The highest BCUT2D eigenvalue weighted by molar-refractivity contribution is 5.79. The van der Waals surface area contributed by atoms with Gasteiger partial charge < -0.3 is 14.5 Å². The molecule has 8 nitrogen and oxygen atoms in total. The Morgan fingerprint density at radius 2 is 1.84 bits per heavy atom. The van der Waals surface area contributed by atoms with Crippen LogP contribution in [0.5, 0.6) is 5.75 Å². The summed E-state index contributed by atoms with van der Waals surface area (Å²) in [4.78, 5) is 17.1. The maximum Gasteiger partial charge on any atom is 0.227 e. The number of benzene rings is 1. The smallest absolute Gasteiger partial charge is 0.227 e. The van der Waals surface area contributed by atoms with Crippen LogP contribution in [0.1, 0.15) is 43.0 Å². The Morgan fingerprint density at radius 3 is 2.58 bits per heavy atom. The molecule has 0 spiro atoms. The van der Waals surface area contributed by atoms with Crippen molar-refractivity contribution in [2.45, 2.75) is 38.0 Å². The highest BCUT2D eigenvalue weighted by Gasteiger charge is 2.26. The van der Waals surface area contributed by atoms with Gasteiger partial charge in [-0.1, -0.05) is 18.6 Å². The summed E-state index contributed by atoms with van der Waals surface area (Å²) in [5.74, 6) is 3.36. The number of methoxy groups -OCH3 is 1. The second-order valence-corrected chi connectivity index (χ2v) is 8.39. The molecule has 8 heteroatoms. The van der Waals surface area contributed by atoms with Crippen LogP contribution >= 0.6 is 0 Å². The van der Waals surface area contributed by atoms with E-state index in [4.69, 9.17) is 9.84 Å². The molecule has 1 aliphatic heterocycles. The molecule has 5 rings (SSSR count). The van der Waals surface area contributed by atoms with Gasteiger partial charge in [0.2, 0.25) is 5.91 Å². The zero-order chi connectivity index (χ0) is 21.2. The van der Waals surface area contributed by atoms with Crippen molar-refractivity contribution in [2.75, 3.05) is 38.2 Å². The summed E-state index contributed by atoms with van der Waals surface area (Å²) in [6, 6.07) is 11.7. The van der Waals surface area contributed by atoms with E-state index in [1.165, 1.54) is 19.3 Å². The number of amides is 1. The fraction of sp³-hybridized carbons (Fsp3) is 0.478. The predicted molar refractivity (Wildman–Crippen MR) is 117 cm³/mol. The fourth-order valence-corrected chi connectivity index (χ4v) is 4.31. The van der Waals surface area contributed by atoms with Crippen LogP contribution in [0.4, 0.5) is 5.82 Å². The van der Waals surface area contributed by atoms with E-state index in [1.54, 1.807) is 7.11 Å². The van der Waals surface area contributed by atoms with E-state index >= 15 is 0 Å². The predicted octanol–water partition coefficient (Wildman–Crippen LogP) is 2.68. The molecule has 0 unspecified atom stereocenters. The summed E-state index contributed by atoms with van der Waals surface area (Å²) < 4.78 is 7.11. The summed E-state index contributed by atoms with van der Waals surface area (Å²) in [5, 5.41) is 13.5. The molecule has 0 bridgehead atoms. The number of aromatic nitrogens is 4. The number of carbonyl (C=O) groups is 1. The van der Waals surface area contributed by atoms with Gasteiger partial charge in [-0.3, -0.25) is 4.79 Å². The monoisotopic (exact) mass is 420 g/mol. The first kappa shape index (κ1) is 19.8. The largest absolute Gasteiger partial charge is 0.497 e. The van der Waals surface area contributed by atoms with Crippen LogP contribution < -0.4 is 9.64 Å². The van der Waals surface area contributed by atoms with Crippen molar-refractivity contribution in [1.29, 1.82) is 0 Å². The standard InChI is InChI=1S/C23H28N6O2/c1-31-19-8-6-17(7-9-19)16-22(30)28-13-3-12-27(14-15-28)21-11-10-20-24-25-23(29(20)26-21)18-4-2-5-18/h6-11,18H,2-5,12-16H2,1H3. The first-order valence-electron chi connectivity index (χ1n) is 11.1. The molecule has 1 aliphatic carbocycles. The van der Waals surface area contributed by atoms with Gasteiger partial charge in [-0.15, -0.1) is 15.3 Å². The maximum atomic E-state index is 12.9. The maximum absolute atomic E-state index is 12.9. The molecule has 1 aromatic carbocycles. The van der Waals surface area contributed by atoms with E-state index in [1.807, 2.05) is 45.8 Å². The summed E-state index contributed by atoms with van der Waals surface area (Å²) in [6.45, 7) is 3.12. The Morgan fingerprint density at radius 1 is 1.00 bits per heavy atom. The molecule has 0 N–H and O–H groups in total. The van der Waals surface area contributed by atoms with Gasteiger partial charge in [0.15, 0.2) is 11.5 Å². The van der Waals surface area contributed by atoms with Gasteiger partial charge in [-0.05, 0) is 49.1 Å². The molecule has 0 atom stereocenters. The van der Waals surface area contributed by atoms with Crippen LogP contribution in [-0.2, 0) is 11.2 Å². The van der Waals surface area contributed by atoms with Gasteiger partial charge in [0.25, 0.3) is 0 Å². The van der Waals surface area contributed by atoms with E-state index in [0.717, 1.165) is 54.7 Å². The van der Waals surface area contributed by atoms with E-state index in [-0.39, 0.29) is 5.91 Å². The molecular formula is C23H28N6O2. The lowest BCUT2D eigenvalue weighted by atomic mass is 9.85. The molecule has 2 aromatic heterocycles. The summed E-state index contributed by atoms with van der Waals surface area (Å²) in [6.07, 6.45) is 4.93. The number of hydrogen-bond acceptors (Lipinski definition) is 6. The summed E-state index contributed by atoms with van der Waals surface area (Å²) in [5.41, 5.74) is 1.81. The molecule has 2 fully saturated rings. The Labute approximate surface area is 181 Å². The Hall–Kier alpha value is -3.16. The van der Waals surface area contributed by atoms with Crippen LogP contribution in [-0.4, -0.2) is 63.9 Å². The van der Waals surface area contributed by atoms with Crippen molar-refractivity contribution in [3.05, 3.63) is 47.8 Å². The number of ether oxygens (including phenoxy) is 1. The third kappa shape index (κ3) is 4.06. The van der Waals surface area contributed by atoms with E-state index in [0.29, 0.717) is 18.9 Å². The average molecular weight is 421 g/mol. The molecule has 3 heterocycles. The molecule has 0 radical (unpaired) electrons. The minimum atomic E-state index is 0.168. The normalized spacial score (nSPS) is 17.5. The second-order valence-electron chi connectivity index (χ2n) is 8.39. The van der Waals surface area contributed by atoms with Gasteiger partial charge in [-0.25, -0.2) is 0 Å². The lowest BCUT2D eigenvalue weighted by Gasteiger charge is -2.24. The van der Waals surface area contributed by atoms with E-state index < -0.39 is 0 Å². The summed E-state index contributed by atoms with van der Waals surface area (Å²) in [7, 11) is 1.65. The van der Waals surface area contributed by atoms with Crippen molar-refractivity contribution >= 4 is 17.4 Å². The number of hydrogen-bond donors (Lipinski definition) is 0. The Balaban J connectivity index is 1.25. The van der Waals surface area contributed by atoms with Crippen LogP contribution in [0, 0.1) is 0 Å². The molecule has 1 saturated carbocycles. The van der Waals surface area contributed by atoms with Crippen LogP contribution in [0.2, 0.25) is 0 Å². The first-order valence-corrected chi connectivity index (χ1v) is 11.1. The third-order valence-electron chi connectivity index (χ3n) is 6.43. The van der Waals surface area contributed by atoms with Gasteiger partial charge in [-0.2, -0.15) is 4.52 Å². The fourth-order valence-electron chi connectivity index (χ4n) is 4.31. The van der Waals surface area contributed by atoms with Crippen LogP contribution in [0.3, 0.4) is 0 Å². The second kappa shape index (κ2) is 8.53. The minimum Gasteiger partial charge on any atom is -0.497 e. The molecular weight excluding hydrogens is 392 g/mol. The Bertz CT molecular complexity index is 1060. The van der Waals surface area contributed by atoms with Crippen LogP contribution in [0.15, 0.2) is 36.4 Å². The minimum absolute atomic E-state index is 0.168. The number of nitrogens with zero attached hydrogens (tertiary/aromatic N) is 6. The zero-order valence-corrected chi connectivity index (χ0v) is 17.9. The van der Waals surface area contributed by atoms with E-state index in [9.17, 15) is 4.79 Å². The lowest BCUT2D eigenvalue weighted by Crippen LogP contribution is -2.36. The highest BCUT2D eigenvalue weighted by Crippen LogP contribution is 2.35. The lowest BCUT2D eigenvalue weighted by molar-refractivity contribution is -0.130. The quantitative estimate of drug-likeness (QED) is 0.632. The molecule has 31 heavy (non-hydrogen) atoms. The van der Waals surface area contributed by atoms with Gasteiger partial charge in [0.1, 0.15) is 11.6 Å². The van der Waals surface area contributed by atoms with Crippen molar-refractivity contribution < 1.29 is 9.53 Å². The molecule has 3 aromatic rings. The first-order chi connectivity index (χ1) is 15.2. The Kier molecular flexibility index (Phi) is 5.44. The van der Waals surface area contributed by atoms with Crippen molar-refractivity contribution in [3.63, 3.8) is 0 Å². The number of fused-ring (bicyclic) bond motifs is 1. The molecule has 1 saturated heterocycles. The van der Waals surface area contributed by atoms with Gasteiger partial charge >= 0.3 is 0 Å². The third-order valence-corrected chi connectivity index (χ3v) is 6.43. The molecule has 1 amide bonds. The number of carbonyl (C=O) groups excluding carboxylic acids is 1.